The van der Waals surface area contributed by atoms with E-state index in [1.165, 1.54) is 16.7 Å². The summed E-state index contributed by atoms with van der Waals surface area (Å²) in [6.45, 7) is 17.7. The monoisotopic (exact) mass is 276 g/mol. The molecular weight excluding hydrogens is 244 g/mol. The fourth-order valence-electron chi connectivity index (χ4n) is 3.10. The van der Waals surface area contributed by atoms with Gasteiger partial charge in [0.1, 0.15) is 5.75 Å². The predicted octanol–water partition coefficient (Wildman–Crippen LogP) is 5.96. The van der Waals surface area contributed by atoms with Gasteiger partial charge in [-0.1, -0.05) is 61.5 Å². The summed E-state index contributed by atoms with van der Waals surface area (Å²) in [6.07, 6.45) is 1.09. The Labute approximate surface area is 125 Å². The van der Waals surface area contributed by atoms with E-state index in [4.69, 9.17) is 0 Å². The van der Waals surface area contributed by atoms with Crippen LogP contribution in [0.3, 0.4) is 0 Å². The van der Waals surface area contributed by atoms with Crippen LogP contribution in [0.1, 0.15) is 95.4 Å². The molecule has 0 aliphatic carbocycles. The van der Waals surface area contributed by atoms with E-state index in [9.17, 15) is 5.11 Å². The highest BCUT2D eigenvalue weighted by Gasteiger charge is 2.23. The van der Waals surface area contributed by atoms with Crippen molar-refractivity contribution in [2.45, 2.75) is 79.6 Å². The average Bonchev–Trinajstić information content (AvgIpc) is 2.28. The molecule has 1 nitrogen and oxygen atoms in total. The van der Waals surface area contributed by atoms with Crippen molar-refractivity contribution >= 4 is 0 Å². The molecule has 0 unspecified atom stereocenters. The number of hydrogen-bond acceptors (Lipinski definition) is 1. The van der Waals surface area contributed by atoms with E-state index in [0.717, 1.165) is 12.0 Å². The second kappa shape index (κ2) is 6.65. The maximum Gasteiger partial charge on any atom is 0.122 e. The number of benzene rings is 1. The highest BCUT2D eigenvalue weighted by atomic mass is 16.3. The summed E-state index contributed by atoms with van der Waals surface area (Å²) in [5.74, 6) is 2.34. The van der Waals surface area contributed by atoms with Gasteiger partial charge < -0.3 is 5.11 Å². The first-order valence-corrected chi connectivity index (χ1v) is 8.05. The topological polar surface area (TPSA) is 20.2 Å². The lowest BCUT2D eigenvalue weighted by atomic mass is 9.80. The second-order valence-electron chi connectivity index (χ2n) is 7.36. The Morgan fingerprint density at radius 1 is 0.800 bits per heavy atom. The molecule has 0 heterocycles. The standard InChI is InChI=1S/C19H32O/c1-11(2)9-15-10-16(12(3)4)19(20)18(14(7)8)17(15)13(5)6/h10-14,20H,9H2,1-8H3. The highest BCUT2D eigenvalue weighted by Crippen LogP contribution is 2.41. The molecule has 0 bridgehead atoms. The summed E-state index contributed by atoms with van der Waals surface area (Å²) < 4.78 is 0. The molecule has 0 aliphatic heterocycles. The zero-order valence-electron chi connectivity index (χ0n) is 14.5. The van der Waals surface area contributed by atoms with Crippen LogP contribution in [0.15, 0.2) is 6.07 Å². The summed E-state index contributed by atoms with van der Waals surface area (Å²) in [4.78, 5) is 0. The van der Waals surface area contributed by atoms with E-state index in [1.54, 1.807) is 0 Å². The van der Waals surface area contributed by atoms with Gasteiger partial charge in [0, 0.05) is 5.56 Å². The summed E-state index contributed by atoms with van der Waals surface area (Å²) in [5.41, 5.74) is 5.08. The van der Waals surface area contributed by atoms with E-state index < -0.39 is 0 Å². The van der Waals surface area contributed by atoms with Gasteiger partial charge in [0.15, 0.2) is 0 Å². The molecule has 0 saturated carbocycles. The quantitative estimate of drug-likeness (QED) is 0.703. The molecule has 0 atom stereocenters. The van der Waals surface area contributed by atoms with Crippen molar-refractivity contribution in [2.75, 3.05) is 0 Å². The number of phenols is 1. The van der Waals surface area contributed by atoms with Crippen molar-refractivity contribution in [2.24, 2.45) is 5.92 Å². The van der Waals surface area contributed by atoms with Crippen LogP contribution in [-0.4, -0.2) is 5.11 Å². The average molecular weight is 276 g/mol. The fraction of sp³-hybridized carbons (Fsp3) is 0.684. The van der Waals surface area contributed by atoms with Crippen LogP contribution in [-0.2, 0) is 6.42 Å². The van der Waals surface area contributed by atoms with Crippen molar-refractivity contribution in [3.05, 3.63) is 28.3 Å². The van der Waals surface area contributed by atoms with Gasteiger partial charge in [0.05, 0.1) is 0 Å². The van der Waals surface area contributed by atoms with Crippen LogP contribution in [0.5, 0.6) is 5.75 Å². The molecule has 0 fully saturated rings. The Kier molecular flexibility index (Phi) is 5.68. The Hall–Kier alpha value is -0.980. The molecule has 1 aromatic carbocycles. The third kappa shape index (κ3) is 3.56. The van der Waals surface area contributed by atoms with E-state index in [0.29, 0.717) is 29.4 Å². The lowest BCUT2D eigenvalue weighted by molar-refractivity contribution is 0.451. The van der Waals surface area contributed by atoms with Gasteiger partial charge in [-0.3, -0.25) is 0 Å². The van der Waals surface area contributed by atoms with Gasteiger partial charge in [0.25, 0.3) is 0 Å². The van der Waals surface area contributed by atoms with Gasteiger partial charge in [-0.25, -0.2) is 0 Å². The van der Waals surface area contributed by atoms with E-state index in [1.807, 2.05) is 0 Å². The lowest BCUT2D eigenvalue weighted by Gasteiger charge is -2.26. The van der Waals surface area contributed by atoms with E-state index in [2.05, 4.69) is 61.5 Å². The first-order valence-electron chi connectivity index (χ1n) is 8.05. The molecule has 1 rings (SSSR count). The van der Waals surface area contributed by atoms with Crippen LogP contribution in [0, 0.1) is 5.92 Å². The van der Waals surface area contributed by atoms with Crippen molar-refractivity contribution in [1.82, 2.24) is 0 Å². The molecule has 0 spiro atoms. The first-order chi connectivity index (χ1) is 9.16. The molecule has 1 N–H and O–H groups in total. The van der Waals surface area contributed by atoms with Gasteiger partial charge in [-0.15, -0.1) is 0 Å². The van der Waals surface area contributed by atoms with Crippen molar-refractivity contribution in [3.8, 4) is 5.75 Å². The number of aromatic hydroxyl groups is 1. The minimum atomic E-state index is 0.358. The molecule has 0 saturated heterocycles. The van der Waals surface area contributed by atoms with E-state index in [-0.39, 0.29) is 0 Å². The molecule has 0 amide bonds. The zero-order chi connectivity index (χ0) is 15.6. The number of phenolic OH excluding ortho intramolecular Hbond substituents is 1. The third-order valence-corrected chi connectivity index (χ3v) is 3.90. The minimum absolute atomic E-state index is 0.358. The van der Waals surface area contributed by atoms with Gasteiger partial charge in [-0.05, 0) is 46.8 Å². The molecule has 1 heteroatoms. The van der Waals surface area contributed by atoms with Crippen LogP contribution in [0.2, 0.25) is 0 Å². The maximum atomic E-state index is 10.7. The van der Waals surface area contributed by atoms with Gasteiger partial charge in [0.2, 0.25) is 0 Å². The van der Waals surface area contributed by atoms with Crippen LogP contribution in [0.25, 0.3) is 0 Å². The summed E-state index contributed by atoms with van der Waals surface area (Å²) in [7, 11) is 0. The number of hydrogen-bond donors (Lipinski definition) is 1. The summed E-state index contributed by atoms with van der Waals surface area (Å²) in [6, 6.07) is 2.25. The molecule has 114 valence electrons. The Bertz CT molecular complexity index is 453. The molecular formula is C19H32O. The van der Waals surface area contributed by atoms with Crippen LogP contribution >= 0.6 is 0 Å². The smallest absolute Gasteiger partial charge is 0.122 e. The molecule has 0 radical (unpaired) electrons. The Balaban J connectivity index is 3.63. The van der Waals surface area contributed by atoms with E-state index >= 15 is 0 Å². The van der Waals surface area contributed by atoms with Gasteiger partial charge in [-0.2, -0.15) is 0 Å². The fourth-order valence-corrected chi connectivity index (χ4v) is 3.10. The molecule has 0 aliphatic rings. The zero-order valence-corrected chi connectivity index (χ0v) is 14.5. The Morgan fingerprint density at radius 2 is 1.30 bits per heavy atom. The van der Waals surface area contributed by atoms with Crippen LogP contribution in [0.4, 0.5) is 0 Å². The molecule has 0 aromatic heterocycles. The predicted molar refractivity (Wildman–Crippen MR) is 88.9 cm³/mol. The van der Waals surface area contributed by atoms with Crippen molar-refractivity contribution < 1.29 is 5.11 Å². The highest BCUT2D eigenvalue weighted by molar-refractivity contribution is 5.53. The summed E-state index contributed by atoms with van der Waals surface area (Å²) in [5, 5.41) is 10.7. The Morgan fingerprint density at radius 3 is 1.65 bits per heavy atom. The third-order valence-electron chi connectivity index (χ3n) is 3.90. The normalized spacial score (nSPS) is 12.2. The number of rotatable bonds is 5. The lowest BCUT2D eigenvalue weighted by Crippen LogP contribution is -2.09. The van der Waals surface area contributed by atoms with Crippen LogP contribution < -0.4 is 0 Å². The largest absolute Gasteiger partial charge is 0.507 e. The molecule has 1 aromatic rings. The maximum absolute atomic E-state index is 10.7. The minimum Gasteiger partial charge on any atom is -0.507 e. The van der Waals surface area contributed by atoms with Crippen molar-refractivity contribution in [3.63, 3.8) is 0 Å². The first kappa shape index (κ1) is 17.1. The van der Waals surface area contributed by atoms with Crippen molar-refractivity contribution in [1.29, 1.82) is 0 Å². The summed E-state index contributed by atoms with van der Waals surface area (Å²) >= 11 is 0. The molecule has 20 heavy (non-hydrogen) atoms. The second-order valence-corrected chi connectivity index (χ2v) is 7.36. The SMILES string of the molecule is CC(C)Cc1cc(C(C)C)c(O)c(C(C)C)c1C(C)C. The van der Waals surface area contributed by atoms with Gasteiger partial charge >= 0.3 is 0 Å².